The van der Waals surface area contributed by atoms with Crippen LogP contribution in [-0.2, 0) is 6.42 Å². The first-order valence-corrected chi connectivity index (χ1v) is 6.05. The van der Waals surface area contributed by atoms with Gasteiger partial charge in [-0.05, 0) is 45.7 Å². The zero-order chi connectivity index (χ0) is 12.1. The number of nitrogens with zero attached hydrogens (tertiary/aromatic N) is 1. The van der Waals surface area contributed by atoms with Crippen molar-refractivity contribution in [2.75, 3.05) is 6.54 Å². The van der Waals surface area contributed by atoms with Gasteiger partial charge in [0, 0.05) is 18.6 Å². The SMILES string of the molecule is CC(C)N(CCc1ccccc1O)C(C)C. The summed E-state index contributed by atoms with van der Waals surface area (Å²) in [7, 11) is 0. The predicted octanol–water partition coefficient (Wildman–Crippen LogP) is 3.05. The maximum Gasteiger partial charge on any atom is 0.118 e. The van der Waals surface area contributed by atoms with Gasteiger partial charge in [0.2, 0.25) is 0 Å². The van der Waals surface area contributed by atoms with E-state index in [0.29, 0.717) is 17.8 Å². The van der Waals surface area contributed by atoms with E-state index in [1.165, 1.54) is 0 Å². The van der Waals surface area contributed by atoms with E-state index < -0.39 is 0 Å². The lowest BCUT2D eigenvalue weighted by Crippen LogP contribution is -2.38. The topological polar surface area (TPSA) is 23.5 Å². The Bertz CT molecular complexity index is 312. The third-order valence-corrected chi connectivity index (χ3v) is 2.96. The van der Waals surface area contributed by atoms with Crippen molar-refractivity contribution < 1.29 is 5.11 Å². The second-order valence-electron chi connectivity index (χ2n) is 4.80. The molecule has 1 N–H and O–H groups in total. The summed E-state index contributed by atoms with van der Waals surface area (Å²) in [5.41, 5.74) is 1.04. The number of aromatic hydroxyl groups is 1. The first-order chi connectivity index (χ1) is 7.52. The average Bonchev–Trinajstić information content (AvgIpc) is 2.20. The largest absolute Gasteiger partial charge is 0.508 e. The monoisotopic (exact) mass is 221 g/mol. The number of hydrogen-bond donors (Lipinski definition) is 1. The summed E-state index contributed by atoms with van der Waals surface area (Å²) in [5.74, 6) is 0.412. The van der Waals surface area contributed by atoms with E-state index in [1.807, 2.05) is 18.2 Å². The van der Waals surface area contributed by atoms with Gasteiger partial charge in [-0.3, -0.25) is 4.90 Å². The second kappa shape index (κ2) is 5.90. The van der Waals surface area contributed by atoms with Crippen LogP contribution in [-0.4, -0.2) is 28.6 Å². The third kappa shape index (κ3) is 3.53. The average molecular weight is 221 g/mol. The Hall–Kier alpha value is -1.02. The normalized spacial score (nSPS) is 11.7. The molecule has 0 unspecified atom stereocenters. The van der Waals surface area contributed by atoms with E-state index in [-0.39, 0.29) is 0 Å². The van der Waals surface area contributed by atoms with Crippen LogP contribution >= 0.6 is 0 Å². The highest BCUT2D eigenvalue weighted by molar-refractivity contribution is 5.31. The van der Waals surface area contributed by atoms with Crippen molar-refractivity contribution >= 4 is 0 Å². The molecule has 0 aliphatic carbocycles. The van der Waals surface area contributed by atoms with Crippen LogP contribution in [0.25, 0.3) is 0 Å². The van der Waals surface area contributed by atoms with E-state index in [4.69, 9.17) is 0 Å². The summed E-state index contributed by atoms with van der Waals surface area (Å²) < 4.78 is 0. The van der Waals surface area contributed by atoms with E-state index in [0.717, 1.165) is 18.5 Å². The summed E-state index contributed by atoms with van der Waals surface area (Å²) in [6.07, 6.45) is 0.906. The Morgan fingerprint density at radius 2 is 1.62 bits per heavy atom. The van der Waals surface area contributed by atoms with Crippen LogP contribution < -0.4 is 0 Å². The summed E-state index contributed by atoms with van der Waals surface area (Å²) in [6.45, 7) is 9.85. The maximum atomic E-state index is 9.68. The lowest BCUT2D eigenvalue weighted by molar-refractivity contribution is 0.177. The smallest absolute Gasteiger partial charge is 0.118 e. The molecule has 2 heteroatoms. The highest BCUT2D eigenvalue weighted by atomic mass is 16.3. The quantitative estimate of drug-likeness (QED) is 0.826. The molecule has 0 spiro atoms. The molecule has 0 bridgehead atoms. The molecule has 2 nitrogen and oxygen atoms in total. The Balaban J connectivity index is 2.59. The number of rotatable bonds is 5. The first kappa shape index (κ1) is 13.0. The van der Waals surface area contributed by atoms with Gasteiger partial charge in [-0.2, -0.15) is 0 Å². The molecule has 0 atom stereocenters. The van der Waals surface area contributed by atoms with Crippen LogP contribution in [0.3, 0.4) is 0 Å². The van der Waals surface area contributed by atoms with Gasteiger partial charge in [0.25, 0.3) is 0 Å². The van der Waals surface area contributed by atoms with Gasteiger partial charge in [-0.15, -0.1) is 0 Å². The lowest BCUT2D eigenvalue weighted by atomic mass is 10.1. The minimum absolute atomic E-state index is 0.412. The van der Waals surface area contributed by atoms with E-state index in [1.54, 1.807) is 6.07 Å². The van der Waals surface area contributed by atoms with Crippen LogP contribution in [0.4, 0.5) is 0 Å². The first-order valence-electron chi connectivity index (χ1n) is 6.05. The van der Waals surface area contributed by atoms with E-state index >= 15 is 0 Å². The van der Waals surface area contributed by atoms with Crippen LogP contribution in [0.1, 0.15) is 33.3 Å². The predicted molar refractivity (Wildman–Crippen MR) is 68.8 cm³/mol. The number of benzene rings is 1. The molecule has 0 aliphatic heterocycles. The van der Waals surface area contributed by atoms with E-state index in [2.05, 4.69) is 32.6 Å². The molecule has 0 amide bonds. The Labute approximate surface area is 98.9 Å². The highest BCUT2D eigenvalue weighted by Crippen LogP contribution is 2.17. The van der Waals surface area contributed by atoms with Crippen molar-refractivity contribution in [3.8, 4) is 5.75 Å². The Morgan fingerprint density at radius 3 is 2.12 bits per heavy atom. The molecule has 1 aromatic carbocycles. The molecule has 0 aromatic heterocycles. The lowest BCUT2D eigenvalue weighted by Gasteiger charge is -2.30. The van der Waals surface area contributed by atoms with Crippen molar-refractivity contribution in [1.82, 2.24) is 4.90 Å². The van der Waals surface area contributed by atoms with Gasteiger partial charge in [0.15, 0.2) is 0 Å². The number of phenols is 1. The van der Waals surface area contributed by atoms with Crippen LogP contribution in [0.15, 0.2) is 24.3 Å². The van der Waals surface area contributed by atoms with Crippen molar-refractivity contribution in [1.29, 1.82) is 0 Å². The van der Waals surface area contributed by atoms with Gasteiger partial charge in [-0.1, -0.05) is 18.2 Å². The fraction of sp³-hybridized carbons (Fsp3) is 0.571. The molecule has 0 saturated carbocycles. The zero-order valence-electron chi connectivity index (χ0n) is 10.8. The minimum Gasteiger partial charge on any atom is -0.508 e. The van der Waals surface area contributed by atoms with Crippen molar-refractivity contribution in [2.45, 2.75) is 46.2 Å². The molecule has 0 radical (unpaired) electrons. The minimum atomic E-state index is 0.412. The van der Waals surface area contributed by atoms with Crippen molar-refractivity contribution in [3.63, 3.8) is 0 Å². The Kier molecular flexibility index (Phi) is 4.81. The van der Waals surface area contributed by atoms with Gasteiger partial charge >= 0.3 is 0 Å². The molecule has 1 rings (SSSR count). The van der Waals surface area contributed by atoms with Gasteiger partial charge in [0.1, 0.15) is 5.75 Å². The summed E-state index contributed by atoms with van der Waals surface area (Å²) in [4.78, 5) is 2.44. The molecular formula is C14H23NO. The standard InChI is InChI=1S/C14H23NO/c1-11(2)15(12(3)4)10-9-13-7-5-6-8-14(13)16/h5-8,11-12,16H,9-10H2,1-4H3. The second-order valence-corrected chi connectivity index (χ2v) is 4.80. The van der Waals surface area contributed by atoms with E-state index in [9.17, 15) is 5.11 Å². The molecular weight excluding hydrogens is 198 g/mol. The molecule has 0 fully saturated rings. The highest BCUT2D eigenvalue weighted by Gasteiger charge is 2.13. The van der Waals surface area contributed by atoms with Gasteiger partial charge in [0.05, 0.1) is 0 Å². The molecule has 0 heterocycles. The number of hydrogen-bond acceptors (Lipinski definition) is 2. The molecule has 90 valence electrons. The Morgan fingerprint density at radius 1 is 1.06 bits per heavy atom. The summed E-state index contributed by atoms with van der Waals surface area (Å²) >= 11 is 0. The van der Waals surface area contributed by atoms with Gasteiger partial charge < -0.3 is 5.11 Å². The molecule has 1 aromatic rings. The van der Waals surface area contributed by atoms with Crippen LogP contribution in [0.2, 0.25) is 0 Å². The fourth-order valence-electron chi connectivity index (χ4n) is 2.08. The van der Waals surface area contributed by atoms with Crippen LogP contribution in [0, 0.1) is 0 Å². The van der Waals surface area contributed by atoms with Crippen molar-refractivity contribution in [2.24, 2.45) is 0 Å². The molecule has 16 heavy (non-hydrogen) atoms. The van der Waals surface area contributed by atoms with Gasteiger partial charge in [-0.25, -0.2) is 0 Å². The summed E-state index contributed by atoms with van der Waals surface area (Å²) in [6, 6.07) is 8.68. The number of phenolic OH excluding ortho intramolecular Hbond substituents is 1. The summed E-state index contributed by atoms with van der Waals surface area (Å²) in [5, 5.41) is 9.68. The van der Waals surface area contributed by atoms with Crippen molar-refractivity contribution in [3.05, 3.63) is 29.8 Å². The van der Waals surface area contributed by atoms with Crippen LogP contribution in [0.5, 0.6) is 5.75 Å². The molecule has 0 aliphatic rings. The third-order valence-electron chi connectivity index (χ3n) is 2.96. The molecule has 0 saturated heterocycles. The fourth-order valence-corrected chi connectivity index (χ4v) is 2.08. The zero-order valence-corrected chi connectivity index (χ0v) is 10.8. The number of para-hydroxylation sites is 1. The maximum absolute atomic E-state index is 9.68.